The summed E-state index contributed by atoms with van der Waals surface area (Å²) in [7, 11) is -3.21. The highest BCUT2D eigenvalue weighted by atomic mass is 32.2. The second-order valence-corrected chi connectivity index (χ2v) is 8.06. The summed E-state index contributed by atoms with van der Waals surface area (Å²) in [5.41, 5.74) is 0. The van der Waals surface area contributed by atoms with Crippen molar-refractivity contribution in [2.45, 2.75) is 25.8 Å². The number of aromatic nitrogens is 1. The molecule has 22 heavy (non-hydrogen) atoms. The van der Waals surface area contributed by atoms with E-state index in [0.717, 1.165) is 45.4 Å². The van der Waals surface area contributed by atoms with Crippen LogP contribution >= 0.6 is 0 Å². The SMILES string of the molecule is O=S(=O)(N1CCCC1)N1CCN(CCCn2cccc2)CC1. The fourth-order valence-corrected chi connectivity index (χ4v) is 4.93. The Kier molecular flexibility index (Phi) is 5.18. The summed E-state index contributed by atoms with van der Waals surface area (Å²) in [6, 6.07) is 4.09. The van der Waals surface area contributed by atoms with Crippen LogP contribution < -0.4 is 0 Å². The van der Waals surface area contributed by atoms with Gasteiger partial charge in [0.15, 0.2) is 0 Å². The monoisotopic (exact) mass is 326 g/mol. The van der Waals surface area contributed by atoms with Crippen molar-refractivity contribution in [1.82, 2.24) is 18.1 Å². The van der Waals surface area contributed by atoms with Crippen LogP contribution in [0.2, 0.25) is 0 Å². The van der Waals surface area contributed by atoms with Gasteiger partial charge in [-0.25, -0.2) is 0 Å². The second kappa shape index (κ2) is 7.12. The Balaban J connectivity index is 1.42. The molecule has 0 amide bonds. The first-order chi connectivity index (χ1) is 10.7. The van der Waals surface area contributed by atoms with Gasteiger partial charge < -0.3 is 9.47 Å². The van der Waals surface area contributed by atoms with Gasteiger partial charge in [-0.1, -0.05) is 0 Å². The molecule has 0 aliphatic carbocycles. The minimum Gasteiger partial charge on any atom is -0.354 e. The molecule has 1 aromatic heterocycles. The maximum atomic E-state index is 12.5. The number of nitrogens with zero attached hydrogens (tertiary/aromatic N) is 4. The van der Waals surface area contributed by atoms with Crippen LogP contribution in [-0.2, 0) is 16.8 Å². The summed E-state index contributed by atoms with van der Waals surface area (Å²) in [6.07, 6.45) is 7.27. The molecule has 2 aliphatic heterocycles. The van der Waals surface area contributed by atoms with Crippen molar-refractivity contribution in [3.8, 4) is 0 Å². The molecule has 1 aromatic rings. The van der Waals surface area contributed by atoms with Crippen LogP contribution in [0.4, 0.5) is 0 Å². The van der Waals surface area contributed by atoms with Crippen molar-refractivity contribution in [2.75, 3.05) is 45.8 Å². The van der Waals surface area contributed by atoms with E-state index in [4.69, 9.17) is 0 Å². The number of rotatable bonds is 6. The summed E-state index contributed by atoms with van der Waals surface area (Å²) in [6.45, 7) is 6.40. The van der Waals surface area contributed by atoms with E-state index in [9.17, 15) is 8.42 Å². The van der Waals surface area contributed by atoms with Crippen LogP contribution in [0, 0.1) is 0 Å². The molecule has 6 nitrogen and oxygen atoms in total. The van der Waals surface area contributed by atoms with Gasteiger partial charge in [0.05, 0.1) is 0 Å². The maximum Gasteiger partial charge on any atom is 0.282 e. The van der Waals surface area contributed by atoms with Gasteiger partial charge in [-0.3, -0.25) is 0 Å². The molecule has 0 saturated carbocycles. The molecular weight excluding hydrogens is 300 g/mol. The zero-order chi connectivity index (χ0) is 15.4. The predicted molar refractivity (Wildman–Crippen MR) is 86.8 cm³/mol. The van der Waals surface area contributed by atoms with E-state index >= 15 is 0 Å². The van der Waals surface area contributed by atoms with Gasteiger partial charge in [0.2, 0.25) is 0 Å². The Morgan fingerprint density at radius 2 is 1.36 bits per heavy atom. The molecule has 0 radical (unpaired) electrons. The normalized spacial score (nSPS) is 22.4. The van der Waals surface area contributed by atoms with E-state index in [1.807, 2.05) is 12.1 Å². The Morgan fingerprint density at radius 1 is 0.773 bits per heavy atom. The van der Waals surface area contributed by atoms with Gasteiger partial charge in [0, 0.05) is 58.2 Å². The largest absolute Gasteiger partial charge is 0.354 e. The van der Waals surface area contributed by atoms with Crippen LogP contribution in [-0.4, -0.2) is 72.3 Å². The zero-order valence-corrected chi connectivity index (χ0v) is 13.9. The Labute approximate surface area is 133 Å². The molecule has 2 fully saturated rings. The lowest BCUT2D eigenvalue weighted by Crippen LogP contribution is -2.52. The van der Waals surface area contributed by atoms with Gasteiger partial charge in [-0.2, -0.15) is 17.0 Å². The van der Waals surface area contributed by atoms with Crippen LogP contribution in [0.3, 0.4) is 0 Å². The minimum atomic E-state index is -3.21. The molecule has 2 saturated heterocycles. The number of hydrogen-bond donors (Lipinski definition) is 0. The summed E-state index contributed by atoms with van der Waals surface area (Å²) < 4.78 is 30.5. The van der Waals surface area contributed by atoms with Gasteiger partial charge in [0.1, 0.15) is 0 Å². The van der Waals surface area contributed by atoms with Crippen LogP contribution in [0.25, 0.3) is 0 Å². The van der Waals surface area contributed by atoms with Crippen molar-refractivity contribution in [1.29, 1.82) is 0 Å². The highest BCUT2D eigenvalue weighted by molar-refractivity contribution is 7.86. The molecule has 124 valence electrons. The van der Waals surface area contributed by atoms with Gasteiger partial charge in [0.25, 0.3) is 10.2 Å². The van der Waals surface area contributed by atoms with Gasteiger partial charge in [-0.05, 0) is 37.9 Å². The van der Waals surface area contributed by atoms with Crippen LogP contribution in [0.5, 0.6) is 0 Å². The molecular formula is C15H26N4O2S. The van der Waals surface area contributed by atoms with Crippen LogP contribution in [0.1, 0.15) is 19.3 Å². The summed E-state index contributed by atoms with van der Waals surface area (Å²) >= 11 is 0. The van der Waals surface area contributed by atoms with Gasteiger partial charge >= 0.3 is 0 Å². The standard InChI is InChI=1S/C15H26N4O2S/c20-22(21,18-10-3-4-11-18)19-14-12-17(13-15-19)9-5-8-16-6-1-2-7-16/h1-2,6-7H,3-5,8-15H2. The van der Waals surface area contributed by atoms with E-state index < -0.39 is 10.2 Å². The van der Waals surface area contributed by atoms with Crippen LogP contribution in [0.15, 0.2) is 24.5 Å². The third-order valence-corrected chi connectivity index (χ3v) is 6.64. The lowest BCUT2D eigenvalue weighted by Gasteiger charge is -2.35. The topological polar surface area (TPSA) is 48.8 Å². The van der Waals surface area contributed by atoms with E-state index in [-0.39, 0.29) is 0 Å². The molecule has 0 spiro atoms. The van der Waals surface area contributed by atoms with Crippen molar-refractivity contribution in [3.05, 3.63) is 24.5 Å². The first-order valence-electron chi connectivity index (χ1n) is 8.24. The molecule has 0 bridgehead atoms. The summed E-state index contributed by atoms with van der Waals surface area (Å²) in [5, 5.41) is 0. The van der Waals surface area contributed by atoms with E-state index in [1.54, 1.807) is 8.61 Å². The second-order valence-electron chi connectivity index (χ2n) is 6.13. The molecule has 0 N–H and O–H groups in total. The number of hydrogen-bond acceptors (Lipinski definition) is 3. The first kappa shape index (κ1) is 16.0. The third-order valence-electron chi connectivity index (χ3n) is 4.61. The van der Waals surface area contributed by atoms with Gasteiger partial charge in [-0.15, -0.1) is 0 Å². The summed E-state index contributed by atoms with van der Waals surface area (Å²) in [5.74, 6) is 0. The minimum absolute atomic E-state index is 0.627. The highest BCUT2D eigenvalue weighted by Gasteiger charge is 2.33. The average molecular weight is 326 g/mol. The lowest BCUT2D eigenvalue weighted by molar-refractivity contribution is 0.179. The maximum absolute atomic E-state index is 12.5. The Bertz CT molecular complexity index is 544. The van der Waals surface area contributed by atoms with Crippen molar-refractivity contribution >= 4 is 10.2 Å². The molecule has 0 atom stereocenters. The molecule has 0 aromatic carbocycles. The fraction of sp³-hybridized carbons (Fsp3) is 0.733. The molecule has 3 heterocycles. The molecule has 3 rings (SSSR count). The van der Waals surface area contributed by atoms with E-state index in [1.165, 1.54) is 0 Å². The first-order valence-corrected chi connectivity index (χ1v) is 9.64. The molecule has 7 heteroatoms. The average Bonchev–Trinajstić information content (AvgIpc) is 3.21. The van der Waals surface area contributed by atoms with E-state index in [2.05, 4.69) is 21.9 Å². The quantitative estimate of drug-likeness (QED) is 0.778. The summed E-state index contributed by atoms with van der Waals surface area (Å²) in [4.78, 5) is 2.37. The van der Waals surface area contributed by atoms with Crippen molar-refractivity contribution < 1.29 is 8.42 Å². The number of piperazine rings is 1. The molecule has 2 aliphatic rings. The smallest absolute Gasteiger partial charge is 0.282 e. The van der Waals surface area contributed by atoms with E-state index in [0.29, 0.717) is 26.2 Å². The van der Waals surface area contributed by atoms with Crippen molar-refractivity contribution in [2.24, 2.45) is 0 Å². The lowest BCUT2D eigenvalue weighted by atomic mass is 10.3. The zero-order valence-electron chi connectivity index (χ0n) is 13.1. The third kappa shape index (κ3) is 3.71. The Morgan fingerprint density at radius 3 is 2.00 bits per heavy atom. The molecule has 0 unspecified atom stereocenters. The number of aryl methyl sites for hydroxylation is 1. The fourth-order valence-electron chi connectivity index (χ4n) is 3.26. The predicted octanol–water partition coefficient (Wildman–Crippen LogP) is 0.836. The highest BCUT2D eigenvalue weighted by Crippen LogP contribution is 2.18. The Hall–Kier alpha value is -0.890. The van der Waals surface area contributed by atoms with Crippen molar-refractivity contribution in [3.63, 3.8) is 0 Å².